The predicted molar refractivity (Wildman–Crippen MR) is 74.5 cm³/mol. The summed E-state index contributed by atoms with van der Waals surface area (Å²) in [5.41, 5.74) is 0.0000539. The van der Waals surface area contributed by atoms with Crippen LogP contribution in [0.3, 0.4) is 0 Å². The fourth-order valence-electron chi connectivity index (χ4n) is 2.56. The fourth-order valence-corrected chi connectivity index (χ4v) is 2.73. The SMILES string of the molecule is Cl.O=C(c1cc(Cl)ccc1F)N1CCNCC12CC2. The summed E-state index contributed by atoms with van der Waals surface area (Å²) >= 11 is 5.84. The molecule has 1 N–H and O–H groups in total. The zero-order valence-corrected chi connectivity index (χ0v) is 11.9. The highest BCUT2D eigenvalue weighted by Crippen LogP contribution is 2.43. The van der Waals surface area contributed by atoms with Crippen LogP contribution in [-0.2, 0) is 0 Å². The first-order valence-corrected chi connectivity index (χ1v) is 6.48. The highest BCUT2D eigenvalue weighted by Gasteiger charge is 2.51. The van der Waals surface area contributed by atoms with Crippen LogP contribution in [0.25, 0.3) is 0 Å². The average molecular weight is 305 g/mol. The number of hydrogen-bond acceptors (Lipinski definition) is 2. The Morgan fingerprint density at radius 2 is 2.16 bits per heavy atom. The Kier molecular flexibility index (Phi) is 4.04. The molecule has 3 rings (SSSR count). The molecule has 1 aliphatic carbocycles. The minimum Gasteiger partial charge on any atom is -0.330 e. The molecule has 0 aromatic heterocycles. The lowest BCUT2D eigenvalue weighted by molar-refractivity contribution is 0.0596. The Bertz CT molecular complexity index is 505. The van der Waals surface area contributed by atoms with Gasteiger partial charge in [-0.3, -0.25) is 4.79 Å². The predicted octanol–water partition coefficient (Wildman–Crippen LogP) is 2.48. The number of amides is 1. The fraction of sp³-hybridized carbons (Fsp3) is 0.462. The number of nitrogens with zero attached hydrogens (tertiary/aromatic N) is 1. The Morgan fingerprint density at radius 1 is 1.42 bits per heavy atom. The van der Waals surface area contributed by atoms with Gasteiger partial charge in [-0.05, 0) is 31.0 Å². The molecule has 0 unspecified atom stereocenters. The number of benzene rings is 1. The van der Waals surface area contributed by atoms with Gasteiger partial charge in [0.25, 0.3) is 5.91 Å². The van der Waals surface area contributed by atoms with Crippen LogP contribution < -0.4 is 5.32 Å². The summed E-state index contributed by atoms with van der Waals surface area (Å²) in [6.07, 6.45) is 1.99. The van der Waals surface area contributed by atoms with E-state index in [2.05, 4.69) is 5.32 Å². The van der Waals surface area contributed by atoms with Crippen LogP contribution in [0.1, 0.15) is 23.2 Å². The smallest absolute Gasteiger partial charge is 0.257 e. The number of carbonyl (C=O) groups excluding carboxylic acids is 1. The first-order chi connectivity index (χ1) is 8.62. The van der Waals surface area contributed by atoms with Gasteiger partial charge in [0, 0.05) is 24.7 Å². The van der Waals surface area contributed by atoms with Crippen molar-refractivity contribution < 1.29 is 9.18 Å². The monoisotopic (exact) mass is 304 g/mol. The van der Waals surface area contributed by atoms with Gasteiger partial charge in [-0.2, -0.15) is 0 Å². The quantitative estimate of drug-likeness (QED) is 0.864. The van der Waals surface area contributed by atoms with Gasteiger partial charge in [0.05, 0.1) is 11.1 Å². The first kappa shape index (κ1) is 14.6. The Labute approximate surface area is 122 Å². The lowest BCUT2D eigenvalue weighted by atomic mass is 10.1. The number of piperazine rings is 1. The zero-order valence-electron chi connectivity index (χ0n) is 10.3. The van der Waals surface area contributed by atoms with Crippen LogP contribution in [0.15, 0.2) is 18.2 Å². The Balaban J connectivity index is 0.00000133. The van der Waals surface area contributed by atoms with E-state index in [-0.39, 0.29) is 29.4 Å². The van der Waals surface area contributed by atoms with Crippen LogP contribution in [0.5, 0.6) is 0 Å². The molecular weight excluding hydrogens is 290 g/mol. The first-order valence-electron chi connectivity index (χ1n) is 6.10. The van der Waals surface area contributed by atoms with Gasteiger partial charge in [0.15, 0.2) is 0 Å². The molecule has 1 saturated carbocycles. The van der Waals surface area contributed by atoms with Crippen LogP contribution >= 0.6 is 24.0 Å². The van der Waals surface area contributed by atoms with Crippen LogP contribution in [0.4, 0.5) is 4.39 Å². The minimum atomic E-state index is -0.501. The molecule has 6 heteroatoms. The van der Waals surface area contributed by atoms with E-state index < -0.39 is 5.82 Å². The molecular formula is C13H15Cl2FN2O. The molecule has 0 atom stereocenters. The molecule has 1 amide bonds. The summed E-state index contributed by atoms with van der Waals surface area (Å²) in [5.74, 6) is -0.743. The number of carbonyl (C=O) groups is 1. The second-order valence-corrected chi connectivity index (χ2v) is 5.42. The molecule has 1 aliphatic heterocycles. The molecule has 3 nitrogen and oxygen atoms in total. The summed E-state index contributed by atoms with van der Waals surface area (Å²) in [5, 5.41) is 3.67. The number of halogens is 3. The molecule has 1 heterocycles. The second-order valence-electron chi connectivity index (χ2n) is 4.98. The number of nitrogens with one attached hydrogen (secondary N) is 1. The normalized spacial score (nSPS) is 20.0. The summed E-state index contributed by atoms with van der Waals surface area (Å²) in [7, 11) is 0. The molecule has 0 radical (unpaired) electrons. The van der Waals surface area contributed by atoms with Crippen molar-refractivity contribution in [2.24, 2.45) is 0 Å². The summed E-state index contributed by atoms with van der Waals surface area (Å²) in [6, 6.07) is 4.12. The van der Waals surface area contributed by atoms with E-state index in [1.54, 1.807) is 4.90 Å². The highest BCUT2D eigenvalue weighted by molar-refractivity contribution is 6.31. The highest BCUT2D eigenvalue weighted by atomic mass is 35.5. The van der Waals surface area contributed by atoms with Crippen molar-refractivity contribution >= 4 is 29.9 Å². The molecule has 104 valence electrons. The molecule has 1 spiro atoms. The molecule has 19 heavy (non-hydrogen) atoms. The van der Waals surface area contributed by atoms with Gasteiger partial charge in [-0.15, -0.1) is 12.4 Å². The second kappa shape index (κ2) is 5.27. The van der Waals surface area contributed by atoms with Gasteiger partial charge in [0.2, 0.25) is 0 Å². The Morgan fingerprint density at radius 3 is 2.84 bits per heavy atom. The lowest BCUT2D eigenvalue weighted by Gasteiger charge is -2.37. The Hall–Kier alpha value is -0.840. The summed E-state index contributed by atoms with van der Waals surface area (Å²) < 4.78 is 13.7. The number of hydrogen-bond donors (Lipinski definition) is 1. The van der Waals surface area contributed by atoms with E-state index in [1.807, 2.05) is 0 Å². The molecule has 1 aromatic carbocycles. The van der Waals surface area contributed by atoms with Crippen LogP contribution in [0, 0.1) is 5.82 Å². The van der Waals surface area contributed by atoms with Crippen molar-refractivity contribution in [2.75, 3.05) is 19.6 Å². The van der Waals surface area contributed by atoms with Crippen molar-refractivity contribution in [2.45, 2.75) is 18.4 Å². The minimum absolute atomic E-state index is 0. The van der Waals surface area contributed by atoms with Crippen molar-refractivity contribution in [3.63, 3.8) is 0 Å². The van der Waals surface area contributed by atoms with Gasteiger partial charge in [-0.1, -0.05) is 11.6 Å². The summed E-state index contributed by atoms with van der Waals surface area (Å²) in [6.45, 7) is 2.20. The topological polar surface area (TPSA) is 32.3 Å². The third kappa shape index (κ3) is 2.57. The van der Waals surface area contributed by atoms with Crippen molar-refractivity contribution in [3.8, 4) is 0 Å². The number of rotatable bonds is 1. The average Bonchev–Trinajstić information content (AvgIpc) is 3.12. The van der Waals surface area contributed by atoms with E-state index in [4.69, 9.17) is 11.6 Å². The van der Waals surface area contributed by atoms with Gasteiger partial charge < -0.3 is 10.2 Å². The van der Waals surface area contributed by atoms with E-state index in [0.717, 1.165) is 25.9 Å². The largest absolute Gasteiger partial charge is 0.330 e. The van der Waals surface area contributed by atoms with E-state index in [1.165, 1.54) is 18.2 Å². The summed E-state index contributed by atoms with van der Waals surface area (Å²) in [4.78, 5) is 14.2. The third-order valence-corrected chi connectivity index (χ3v) is 4.01. The van der Waals surface area contributed by atoms with Crippen molar-refractivity contribution in [1.29, 1.82) is 0 Å². The molecule has 2 fully saturated rings. The third-order valence-electron chi connectivity index (χ3n) is 3.77. The van der Waals surface area contributed by atoms with Crippen LogP contribution in [0.2, 0.25) is 5.02 Å². The van der Waals surface area contributed by atoms with E-state index >= 15 is 0 Å². The standard InChI is InChI=1S/C13H14ClFN2O.ClH/c14-9-1-2-11(15)10(7-9)12(18)17-6-5-16-8-13(17)3-4-13;/h1-2,7,16H,3-6,8H2;1H. The zero-order chi connectivity index (χ0) is 12.8. The van der Waals surface area contributed by atoms with Gasteiger partial charge in [0.1, 0.15) is 5.82 Å². The lowest BCUT2D eigenvalue weighted by Crippen LogP contribution is -2.55. The van der Waals surface area contributed by atoms with Crippen molar-refractivity contribution in [1.82, 2.24) is 10.2 Å². The van der Waals surface area contributed by atoms with Crippen molar-refractivity contribution in [3.05, 3.63) is 34.6 Å². The van der Waals surface area contributed by atoms with E-state index in [9.17, 15) is 9.18 Å². The molecule has 1 aromatic rings. The molecule has 2 aliphatic rings. The maximum Gasteiger partial charge on any atom is 0.257 e. The molecule has 1 saturated heterocycles. The maximum absolute atomic E-state index is 13.7. The van der Waals surface area contributed by atoms with E-state index in [0.29, 0.717) is 11.6 Å². The van der Waals surface area contributed by atoms with Gasteiger partial charge in [-0.25, -0.2) is 4.39 Å². The molecule has 0 bridgehead atoms. The van der Waals surface area contributed by atoms with Gasteiger partial charge >= 0.3 is 0 Å². The maximum atomic E-state index is 13.7. The van der Waals surface area contributed by atoms with Crippen LogP contribution in [-0.4, -0.2) is 36.0 Å².